The molecule has 4 aromatic rings. The van der Waals surface area contributed by atoms with Gasteiger partial charge in [-0.2, -0.15) is 0 Å². The number of fused-ring (bicyclic) bond motifs is 1. The van der Waals surface area contributed by atoms with Gasteiger partial charge in [-0.15, -0.1) is 0 Å². The third kappa shape index (κ3) is 2.98. The Labute approximate surface area is 176 Å². The van der Waals surface area contributed by atoms with Crippen molar-refractivity contribution >= 4 is 22.7 Å². The number of benzene rings is 1. The van der Waals surface area contributed by atoms with Crippen LogP contribution in [0.1, 0.15) is 22.7 Å². The van der Waals surface area contributed by atoms with Crippen LogP contribution in [0.3, 0.4) is 0 Å². The van der Waals surface area contributed by atoms with E-state index in [1.54, 1.807) is 19.3 Å². The van der Waals surface area contributed by atoms with E-state index in [0.29, 0.717) is 29.0 Å². The van der Waals surface area contributed by atoms with Gasteiger partial charge >= 0.3 is 0 Å². The van der Waals surface area contributed by atoms with Gasteiger partial charge in [0.2, 0.25) is 5.60 Å². The first-order chi connectivity index (χ1) is 14.9. The van der Waals surface area contributed by atoms with Gasteiger partial charge in [0.25, 0.3) is 11.8 Å². The zero-order chi connectivity index (χ0) is 21.8. The van der Waals surface area contributed by atoms with Gasteiger partial charge in [-0.1, -0.05) is 23.4 Å². The summed E-state index contributed by atoms with van der Waals surface area (Å²) in [5.41, 5.74) is 7.09. The number of primary amides is 1. The lowest BCUT2D eigenvalue weighted by atomic mass is 9.97. The van der Waals surface area contributed by atoms with E-state index in [0.717, 1.165) is 10.9 Å². The third-order valence-corrected chi connectivity index (χ3v) is 5.66. The van der Waals surface area contributed by atoms with Gasteiger partial charge in [-0.05, 0) is 18.2 Å². The first-order valence-electron chi connectivity index (χ1n) is 9.71. The van der Waals surface area contributed by atoms with Crippen molar-refractivity contribution in [2.24, 2.45) is 5.73 Å². The van der Waals surface area contributed by atoms with Crippen molar-refractivity contribution in [2.75, 3.05) is 13.6 Å². The zero-order valence-corrected chi connectivity index (χ0v) is 16.6. The van der Waals surface area contributed by atoms with Crippen LogP contribution >= 0.6 is 0 Å². The van der Waals surface area contributed by atoms with Crippen LogP contribution in [0.5, 0.6) is 0 Å². The maximum atomic E-state index is 12.3. The molecule has 0 radical (unpaired) electrons. The summed E-state index contributed by atoms with van der Waals surface area (Å²) < 4.78 is 5.34. The Kier molecular flexibility index (Phi) is 4.16. The van der Waals surface area contributed by atoms with Crippen LogP contribution in [0.4, 0.5) is 0 Å². The summed E-state index contributed by atoms with van der Waals surface area (Å²) in [5.74, 6) is -0.914. The second-order valence-corrected chi connectivity index (χ2v) is 7.66. The van der Waals surface area contributed by atoms with E-state index in [2.05, 4.69) is 15.1 Å². The Morgan fingerprint density at radius 1 is 1.23 bits per heavy atom. The number of likely N-dealkylation sites (tertiary alicyclic amines) is 1. The molecule has 156 valence electrons. The van der Waals surface area contributed by atoms with Crippen LogP contribution in [0, 0.1) is 0 Å². The number of carbonyl (C=O) groups excluding carboxylic acids is 2. The molecule has 1 saturated heterocycles. The van der Waals surface area contributed by atoms with Crippen LogP contribution in [0.25, 0.3) is 33.4 Å². The highest BCUT2D eigenvalue weighted by Crippen LogP contribution is 2.35. The molecule has 1 aliphatic rings. The zero-order valence-electron chi connectivity index (χ0n) is 16.6. The van der Waals surface area contributed by atoms with Gasteiger partial charge in [0.1, 0.15) is 5.69 Å². The molecule has 1 aromatic carbocycles. The van der Waals surface area contributed by atoms with Crippen molar-refractivity contribution in [3.63, 3.8) is 0 Å². The topological polar surface area (TPSA) is 138 Å². The highest BCUT2D eigenvalue weighted by Gasteiger charge is 2.48. The lowest BCUT2D eigenvalue weighted by molar-refractivity contribution is -0.144. The molecule has 3 aromatic heterocycles. The van der Waals surface area contributed by atoms with Gasteiger partial charge in [-0.25, -0.2) is 4.98 Å². The van der Waals surface area contributed by atoms with Crippen LogP contribution in [-0.4, -0.2) is 50.5 Å². The molecule has 9 nitrogen and oxygen atoms in total. The minimum absolute atomic E-state index is 0.116. The standard InChI is InChI=1S/C22H19N5O4/c1-27-8-6-22(30,21(27)29)17-11-16(26-31-17)13-4-2-3-12(9-13)15-10-14-5-7-24-18(14)19(25-15)20(23)28/h2-5,7,9-11,24,30H,6,8H2,1H3,(H2,23,28). The van der Waals surface area contributed by atoms with Crippen molar-refractivity contribution in [2.45, 2.75) is 12.0 Å². The van der Waals surface area contributed by atoms with Gasteiger partial charge in [-0.3, -0.25) is 9.59 Å². The number of likely N-dealkylation sites (N-methyl/N-ethyl adjacent to an activating group) is 1. The molecular formula is C22H19N5O4. The maximum Gasteiger partial charge on any atom is 0.269 e. The molecule has 0 saturated carbocycles. The fraction of sp³-hybridized carbons (Fsp3) is 0.182. The lowest BCUT2D eigenvalue weighted by Crippen LogP contribution is -2.35. The van der Waals surface area contributed by atoms with Crippen molar-refractivity contribution in [3.05, 3.63) is 60.1 Å². The molecule has 1 atom stereocenters. The van der Waals surface area contributed by atoms with Crippen LogP contribution in [0.15, 0.2) is 53.2 Å². The number of carbonyl (C=O) groups is 2. The minimum atomic E-state index is -1.70. The van der Waals surface area contributed by atoms with Gasteiger partial charge in [0.05, 0.1) is 11.2 Å². The number of nitrogens with two attached hydrogens (primary N) is 1. The molecule has 5 rings (SSSR count). The highest BCUT2D eigenvalue weighted by atomic mass is 16.5. The summed E-state index contributed by atoms with van der Waals surface area (Å²) in [6.45, 7) is 0.441. The Morgan fingerprint density at radius 3 is 2.71 bits per heavy atom. The van der Waals surface area contributed by atoms with Crippen LogP contribution in [-0.2, 0) is 10.4 Å². The quantitative estimate of drug-likeness (QED) is 0.464. The molecule has 1 aliphatic heterocycles. The SMILES string of the molecule is CN1CCC(O)(c2cc(-c3cccc(-c4cc5cc[nH]c5c(C(N)=O)n4)c3)no2)C1=O. The molecule has 0 spiro atoms. The second kappa shape index (κ2) is 6.78. The summed E-state index contributed by atoms with van der Waals surface area (Å²) in [6.07, 6.45) is 1.97. The number of aromatic amines is 1. The monoisotopic (exact) mass is 417 g/mol. The van der Waals surface area contributed by atoms with E-state index in [1.807, 2.05) is 36.4 Å². The van der Waals surface area contributed by atoms with E-state index in [-0.39, 0.29) is 17.9 Å². The van der Waals surface area contributed by atoms with Gasteiger partial charge in [0.15, 0.2) is 11.5 Å². The van der Waals surface area contributed by atoms with E-state index in [4.69, 9.17) is 10.3 Å². The van der Waals surface area contributed by atoms with E-state index in [1.165, 1.54) is 4.90 Å². The van der Waals surface area contributed by atoms with Crippen molar-refractivity contribution in [1.82, 2.24) is 20.0 Å². The Bertz CT molecular complexity index is 1340. The van der Waals surface area contributed by atoms with Crippen molar-refractivity contribution < 1.29 is 19.2 Å². The van der Waals surface area contributed by atoms with Crippen molar-refractivity contribution in [3.8, 4) is 22.5 Å². The normalized spacial score (nSPS) is 18.8. The molecule has 0 aliphatic carbocycles. The number of nitrogens with zero attached hydrogens (tertiary/aromatic N) is 3. The molecular weight excluding hydrogens is 398 g/mol. The Morgan fingerprint density at radius 2 is 2.00 bits per heavy atom. The average Bonchev–Trinajstić information content (AvgIpc) is 3.50. The molecule has 1 unspecified atom stereocenters. The Hall–Kier alpha value is -3.98. The van der Waals surface area contributed by atoms with E-state index >= 15 is 0 Å². The number of hydrogen-bond acceptors (Lipinski definition) is 6. The summed E-state index contributed by atoms with van der Waals surface area (Å²) in [6, 6.07) is 12.7. The predicted octanol–water partition coefficient (Wildman–Crippen LogP) is 2.03. The number of H-pyrrole nitrogens is 1. The Balaban J connectivity index is 1.54. The van der Waals surface area contributed by atoms with Gasteiger partial charge < -0.3 is 25.2 Å². The van der Waals surface area contributed by atoms with Gasteiger partial charge in [0, 0.05) is 48.8 Å². The lowest BCUT2D eigenvalue weighted by Gasteiger charge is -2.16. The molecule has 1 fully saturated rings. The maximum absolute atomic E-state index is 12.3. The van der Waals surface area contributed by atoms with Crippen LogP contribution in [0.2, 0.25) is 0 Å². The molecule has 2 amide bonds. The molecule has 4 heterocycles. The molecule has 31 heavy (non-hydrogen) atoms. The number of pyridine rings is 1. The first kappa shape index (κ1) is 19.0. The molecule has 9 heteroatoms. The number of rotatable bonds is 4. The number of hydrogen-bond donors (Lipinski definition) is 3. The minimum Gasteiger partial charge on any atom is -0.373 e. The summed E-state index contributed by atoms with van der Waals surface area (Å²) in [5, 5.41) is 15.6. The number of aliphatic hydroxyl groups is 1. The first-order valence-corrected chi connectivity index (χ1v) is 9.71. The highest BCUT2D eigenvalue weighted by molar-refractivity contribution is 6.04. The van der Waals surface area contributed by atoms with E-state index in [9.17, 15) is 14.7 Å². The largest absolute Gasteiger partial charge is 0.373 e. The van der Waals surface area contributed by atoms with E-state index < -0.39 is 17.4 Å². The number of nitrogens with one attached hydrogen (secondary N) is 1. The smallest absolute Gasteiger partial charge is 0.269 e. The summed E-state index contributed by atoms with van der Waals surface area (Å²) in [7, 11) is 1.63. The van der Waals surface area contributed by atoms with Crippen molar-refractivity contribution in [1.29, 1.82) is 0 Å². The summed E-state index contributed by atoms with van der Waals surface area (Å²) in [4.78, 5) is 33.1. The van der Waals surface area contributed by atoms with Crippen LogP contribution < -0.4 is 5.73 Å². The predicted molar refractivity (Wildman–Crippen MR) is 112 cm³/mol. The third-order valence-electron chi connectivity index (χ3n) is 5.66. The number of amides is 2. The fourth-order valence-corrected chi connectivity index (χ4v) is 3.92. The summed E-state index contributed by atoms with van der Waals surface area (Å²) >= 11 is 0. The fourth-order valence-electron chi connectivity index (χ4n) is 3.92. The second-order valence-electron chi connectivity index (χ2n) is 7.66. The molecule has 4 N–H and O–H groups in total. The molecule has 0 bridgehead atoms. The number of aromatic nitrogens is 3. The average molecular weight is 417 g/mol.